The molecule has 0 aromatic rings. The van der Waals surface area contributed by atoms with Gasteiger partial charge in [0.25, 0.3) is 0 Å². The SMILES string of the molecule is CC(C)(C)[C@@H]1CN(C(=O)[C@H]2CC[C@H]2C(N)=O)CCO1. The molecule has 2 rings (SSSR count). The van der Waals surface area contributed by atoms with Crippen molar-refractivity contribution in [3.05, 3.63) is 0 Å². The van der Waals surface area contributed by atoms with Gasteiger partial charge in [0.05, 0.1) is 12.7 Å². The zero-order valence-corrected chi connectivity index (χ0v) is 12.0. The summed E-state index contributed by atoms with van der Waals surface area (Å²) < 4.78 is 5.74. The first-order valence-electron chi connectivity index (χ1n) is 7.00. The van der Waals surface area contributed by atoms with Crippen molar-refractivity contribution in [1.29, 1.82) is 0 Å². The van der Waals surface area contributed by atoms with Gasteiger partial charge in [-0.15, -0.1) is 0 Å². The Hall–Kier alpha value is -1.10. The van der Waals surface area contributed by atoms with E-state index in [9.17, 15) is 9.59 Å². The molecular formula is C14H24N2O3. The summed E-state index contributed by atoms with van der Waals surface area (Å²) in [5.41, 5.74) is 5.33. The minimum atomic E-state index is -0.342. The molecule has 0 unspecified atom stereocenters. The summed E-state index contributed by atoms with van der Waals surface area (Å²) in [5.74, 6) is -0.725. The van der Waals surface area contributed by atoms with Gasteiger partial charge in [0.2, 0.25) is 11.8 Å². The number of nitrogens with two attached hydrogens (primary N) is 1. The topological polar surface area (TPSA) is 72.6 Å². The summed E-state index contributed by atoms with van der Waals surface area (Å²) in [5, 5.41) is 0. The Morgan fingerprint density at radius 2 is 1.84 bits per heavy atom. The van der Waals surface area contributed by atoms with Crippen molar-refractivity contribution < 1.29 is 14.3 Å². The highest BCUT2D eigenvalue weighted by Crippen LogP contribution is 2.36. The van der Waals surface area contributed by atoms with Crippen LogP contribution in [-0.4, -0.2) is 42.5 Å². The number of hydrogen-bond donors (Lipinski definition) is 1. The summed E-state index contributed by atoms with van der Waals surface area (Å²) in [6.07, 6.45) is 1.58. The lowest BCUT2D eigenvalue weighted by molar-refractivity contribution is -0.156. The molecule has 1 aliphatic heterocycles. The smallest absolute Gasteiger partial charge is 0.226 e. The standard InChI is InChI=1S/C14H24N2O3/c1-14(2,3)11-8-16(6-7-19-11)13(18)10-5-4-9(10)12(15)17/h9-11H,4-8H2,1-3H3,(H2,15,17)/t9-,10+,11+/m1/s1. The average Bonchev–Trinajstić information content (AvgIpc) is 2.25. The van der Waals surface area contributed by atoms with E-state index >= 15 is 0 Å². The summed E-state index contributed by atoms with van der Waals surface area (Å²) in [4.78, 5) is 25.5. The molecule has 2 N–H and O–H groups in total. The van der Waals surface area contributed by atoms with Gasteiger partial charge in [-0.2, -0.15) is 0 Å². The number of amides is 2. The van der Waals surface area contributed by atoms with Gasteiger partial charge in [0.15, 0.2) is 0 Å². The van der Waals surface area contributed by atoms with Gasteiger partial charge in [-0.1, -0.05) is 20.8 Å². The third-order valence-electron chi connectivity index (χ3n) is 4.30. The second-order valence-electron chi connectivity index (χ2n) is 6.70. The number of carbonyl (C=O) groups is 2. The van der Waals surface area contributed by atoms with Crippen LogP contribution >= 0.6 is 0 Å². The molecule has 5 heteroatoms. The quantitative estimate of drug-likeness (QED) is 0.804. The lowest BCUT2D eigenvalue weighted by Gasteiger charge is -2.43. The van der Waals surface area contributed by atoms with Crippen LogP contribution in [0.25, 0.3) is 0 Å². The molecule has 0 aromatic heterocycles. The Balaban J connectivity index is 1.98. The van der Waals surface area contributed by atoms with E-state index in [1.165, 1.54) is 0 Å². The highest BCUT2D eigenvalue weighted by atomic mass is 16.5. The number of nitrogens with zero attached hydrogens (tertiary/aromatic N) is 1. The van der Waals surface area contributed by atoms with Crippen LogP contribution in [-0.2, 0) is 14.3 Å². The van der Waals surface area contributed by atoms with Crippen molar-refractivity contribution in [1.82, 2.24) is 4.90 Å². The lowest BCUT2D eigenvalue weighted by Crippen LogP contribution is -2.54. The first kappa shape index (κ1) is 14.3. The molecule has 2 aliphatic rings. The Bertz CT molecular complexity index is 375. The zero-order valence-electron chi connectivity index (χ0n) is 12.0. The summed E-state index contributed by atoms with van der Waals surface area (Å²) >= 11 is 0. The van der Waals surface area contributed by atoms with Gasteiger partial charge in [-0.3, -0.25) is 9.59 Å². The van der Waals surface area contributed by atoms with E-state index in [1.54, 1.807) is 0 Å². The highest BCUT2D eigenvalue weighted by molar-refractivity contribution is 5.88. The van der Waals surface area contributed by atoms with E-state index in [1.807, 2.05) is 4.90 Å². The Labute approximate surface area is 114 Å². The number of hydrogen-bond acceptors (Lipinski definition) is 3. The van der Waals surface area contributed by atoms with Gasteiger partial charge in [-0.25, -0.2) is 0 Å². The van der Waals surface area contributed by atoms with Crippen molar-refractivity contribution >= 4 is 11.8 Å². The minimum absolute atomic E-state index is 0.0155. The maximum absolute atomic E-state index is 12.4. The fraction of sp³-hybridized carbons (Fsp3) is 0.857. The number of primary amides is 1. The molecule has 1 aliphatic carbocycles. The summed E-state index contributed by atoms with van der Waals surface area (Å²) in [6.45, 7) is 8.14. The maximum atomic E-state index is 12.4. The monoisotopic (exact) mass is 268 g/mol. The van der Waals surface area contributed by atoms with Crippen LogP contribution in [0.1, 0.15) is 33.6 Å². The summed E-state index contributed by atoms with van der Waals surface area (Å²) in [7, 11) is 0. The number of carbonyl (C=O) groups excluding carboxylic acids is 2. The second kappa shape index (κ2) is 5.12. The third-order valence-corrected chi connectivity index (χ3v) is 4.30. The average molecular weight is 268 g/mol. The van der Waals surface area contributed by atoms with Gasteiger partial charge in [-0.05, 0) is 18.3 Å². The van der Waals surface area contributed by atoms with Crippen molar-refractivity contribution in [3.8, 4) is 0 Å². The van der Waals surface area contributed by atoms with E-state index in [0.717, 1.165) is 12.8 Å². The van der Waals surface area contributed by atoms with Gasteiger partial charge >= 0.3 is 0 Å². The molecule has 3 atom stereocenters. The van der Waals surface area contributed by atoms with E-state index in [2.05, 4.69) is 20.8 Å². The highest BCUT2D eigenvalue weighted by Gasteiger charge is 2.43. The second-order valence-corrected chi connectivity index (χ2v) is 6.70. The first-order chi connectivity index (χ1) is 8.80. The molecule has 0 radical (unpaired) electrons. The Morgan fingerprint density at radius 3 is 2.32 bits per heavy atom. The molecule has 2 fully saturated rings. The molecule has 1 heterocycles. The van der Waals surface area contributed by atoms with Crippen LogP contribution in [0, 0.1) is 17.3 Å². The fourth-order valence-corrected chi connectivity index (χ4v) is 2.74. The zero-order chi connectivity index (χ0) is 14.2. The minimum Gasteiger partial charge on any atom is -0.374 e. The first-order valence-corrected chi connectivity index (χ1v) is 7.00. The number of rotatable bonds is 2. The maximum Gasteiger partial charge on any atom is 0.226 e. The van der Waals surface area contributed by atoms with Crippen molar-refractivity contribution in [2.45, 2.75) is 39.7 Å². The molecule has 0 bridgehead atoms. The number of ether oxygens (including phenoxy) is 1. The molecular weight excluding hydrogens is 244 g/mol. The van der Waals surface area contributed by atoms with Gasteiger partial charge in [0, 0.05) is 24.9 Å². The fourth-order valence-electron chi connectivity index (χ4n) is 2.74. The molecule has 5 nitrogen and oxygen atoms in total. The predicted molar refractivity (Wildman–Crippen MR) is 71.2 cm³/mol. The molecule has 1 saturated carbocycles. The molecule has 0 aromatic carbocycles. The Kier molecular flexibility index (Phi) is 3.85. The largest absolute Gasteiger partial charge is 0.374 e. The Morgan fingerprint density at radius 1 is 1.21 bits per heavy atom. The van der Waals surface area contributed by atoms with Crippen molar-refractivity contribution in [2.24, 2.45) is 23.0 Å². The van der Waals surface area contributed by atoms with Crippen LogP contribution < -0.4 is 5.73 Å². The van der Waals surface area contributed by atoms with Crippen molar-refractivity contribution in [2.75, 3.05) is 19.7 Å². The van der Waals surface area contributed by atoms with Crippen LogP contribution in [0.15, 0.2) is 0 Å². The van der Waals surface area contributed by atoms with Gasteiger partial charge < -0.3 is 15.4 Å². The van der Waals surface area contributed by atoms with E-state index in [0.29, 0.717) is 19.7 Å². The van der Waals surface area contributed by atoms with Gasteiger partial charge in [0.1, 0.15) is 0 Å². The van der Waals surface area contributed by atoms with E-state index in [4.69, 9.17) is 10.5 Å². The predicted octanol–water partition coefficient (Wildman–Crippen LogP) is 0.771. The number of morpholine rings is 1. The third kappa shape index (κ3) is 2.91. The lowest BCUT2D eigenvalue weighted by atomic mass is 9.72. The molecule has 108 valence electrons. The van der Waals surface area contributed by atoms with E-state index < -0.39 is 0 Å². The molecule has 19 heavy (non-hydrogen) atoms. The van der Waals surface area contributed by atoms with Crippen LogP contribution in [0.3, 0.4) is 0 Å². The molecule has 1 saturated heterocycles. The van der Waals surface area contributed by atoms with Crippen molar-refractivity contribution in [3.63, 3.8) is 0 Å². The van der Waals surface area contributed by atoms with Crippen LogP contribution in [0.4, 0.5) is 0 Å². The molecule has 2 amide bonds. The normalized spacial score (nSPS) is 31.7. The van der Waals surface area contributed by atoms with Crippen LogP contribution in [0.5, 0.6) is 0 Å². The van der Waals surface area contributed by atoms with E-state index in [-0.39, 0.29) is 35.2 Å². The molecule has 0 spiro atoms. The summed E-state index contributed by atoms with van der Waals surface area (Å²) in [6, 6.07) is 0. The van der Waals surface area contributed by atoms with Crippen LogP contribution in [0.2, 0.25) is 0 Å².